The number of nitrogens with zero attached hydrogens (tertiary/aromatic N) is 2. The largest absolute Gasteiger partial charge is 0.332 e. The number of hydrogen-bond acceptors (Lipinski definition) is 2. The number of carbonyl (C=O) groups excluding carboxylic acids is 1. The molecule has 1 aromatic heterocycles. The SMILES string of the molecule is Cc1csc[n+]1CC(=O)N1C(C)CCCC1C. The zero-order chi connectivity index (χ0) is 12.4. The van der Waals surface area contributed by atoms with Crippen molar-refractivity contribution in [3.63, 3.8) is 0 Å². The van der Waals surface area contributed by atoms with Crippen LogP contribution in [-0.2, 0) is 11.3 Å². The molecule has 4 heteroatoms. The summed E-state index contributed by atoms with van der Waals surface area (Å²) < 4.78 is 2.04. The molecule has 17 heavy (non-hydrogen) atoms. The second kappa shape index (κ2) is 5.17. The summed E-state index contributed by atoms with van der Waals surface area (Å²) in [4.78, 5) is 14.4. The number of carbonyl (C=O) groups is 1. The molecule has 2 rings (SSSR count). The number of piperidine rings is 1. The second-order valence-corrected chi connectivity index (χ2v) is 5.78. The van der Waals surface area contributed by atoms with Crippen LogP contribution in [0.2, 0.25) is 0 Å². The fourth-order valence-corrected chi connectivity index (χ4v) is 3.44. The van der Waals surface area contributed by atoms with Gasteiger partial charge < -0.3 is 4.90 Å². The van der Waals surface area contributed by atoms with E-state index >= 15 is 0 Å². The molecular weight excluding hydrogens is 232 g/mol. The maximum absolute atomic E-state index is 12.3. The van der Waals surface area contributed by atoms with Crippen molar-refractivity contribution >= 4 is 17.2 Å². The van der Waals surface area contributed by atoms with E-state index in [1.165, 1.54) is 12.1 Å². The van der Waals surface area contributed by atoms with Gasteiger partial charge in [-0.15, -0.1) is 0 Å². The Morgan fingerprint density at radius 1 is 1.47 bits per heavy atom. The lowest BCUT2D eigenvalue weighted by Crippen LogP contribution is -2.52. The average Bonchev–Trinajstić information content (AvgIpc) is 2.64. The van der Waals surface area contributed by atoms with Crippen molar-refractivity contribution < 1.29 is 9.36 Å². The Labute approximate surface area is 107 Å². The summed E-state index contributed by atoms with van der Waals surface area (Å²) in [5.74, 6) is 0.260. The molecule has 2 heterocycles. The highest BCUT2D eigenvalue weighted by Crippen LogP contribution is 2.22. The first-order valence-electron chi connectivity index (χ1n) is 6.33. The first kappa shape index (κ1) is 12.6. The Bertz CT molecular complexity index is 392. The average molecular weight is 253 g/mol. The Kier molecular flexibility index (Phi) is 3.82. The minimum atomic E-state index is 0.260. The van der Waals surface area contributed by atoms with Gasteiger partial charge in [0.25, 0.3) is 5.91 Å². The van der Waals surface area contributed by atoms with Crippen LogP contribution in [0.1, 0.15) is 38.8 Å². The topological polar surface area (TPSA) is 24.2 Å². The molecule has 94 valence electrons. The summed E-state index contributed by atoms with van der Waals surface area (Å²) in [5.41, 5.74) is 3.19. The highest BCUT2D eigenvalue weighted by atomic mass is 32.1. The molecule has 0 bridgehead atoms. The molecule has 0 radical (unpaired) electrons. The summed E-state index contributed by atoms with van der Waals surface area (Å²) >= 11 is 1.65. The molecular formula is C13H21N2OS+. The summed E-state index contributed by atoms with van der Waals surface area (Å²) in [5, 5.41) is 2.08. The highest BCUT2D eigenvalue weighted by molar-refractivity contribution is 7.07. The highest BCUT2D eigenvalue weighted by Gasteiger charge is 2.31. The molecule has 0 spiro atoms. The van der Waals surface area contributed by atoms with Crippen LogP contribution in [0.25, 0.3) is 0 Å². The fraction of sp³-hybridized carbons (Fsp3) is 0.692. The van der Waals surface area contributed by atoms with Crippen LogP contribution in [0.15, 0.2) is 10.9 Å². The van der Waals surface area contributed by atoms with E-state index in [9.17, 15) is 4.79 Å². The molecule has 2 unspecified atom stereocenters. The molecule has 0 aliphatic carbocycles. The first-order chi connectivity index (χ1) is 8.09. The van der Waals surface area contributed by atoms with Gasteiger partial charge in [0.05, 0.1) is 5.38 Å². The van der Waals surface area contributed by atoms with Crippen LogP contribution in [0.3, 0.4) is 0 Å². The first-order valence-corrected chi connectivity index (χ1v) is 7.27. The van der Waals surface area contributed by atoms with E-state index in [2.05, 4.69) is 24.1 Å². The smallest absolute Gasteiger partial charge is 0.289 e. The lowest BCUT2D eigenvalue weighted by molar-refractivity contribution is -0.686. The summed E-state index contributed by atoms with van der Waals surface area (Å²) in [6.07, 6.45) is 3.53. The fourth-order valence-electron chi connectivity index (χ4n) is 2.66. The quantitative estimate of drug-likeness (QED) is 0.741. The molecule has 2 atom stereocenters. The van der Waals surface area contributed by atoms with Crippen molar-refractivity contribution in [1.82, 2.24) is 4.90 Å². The standard InChI is InChI=1S/C13H21N2OS/c1-10-5-4-6-11(2)15(10)13(16)7-14-9-17-8-12(14)3/h8-11H,4-7H2,1-3H3/q+1. The van der Waals surface area contributed by atoms with Crippen LogP contribution in [0, 0.1) is 6.92 Å². The van der Waals surface area contributed by atoms with E-state index in [0.29, 0.717) is 18.6 Å². The van der Waals surface area contributed by atoms with Gasteiger partial charge in [0.15, 0.2) is 5.69 Å². The van der Waals surface area contributed by atoms with Crippen LogP contribution in [0.5, 0.6) is 0 Å². The van der Waals surface area contributed by atoms with Crippen LogP contribution in [-0.4, -0.2) is 22.9 Å². The molecule has 1 aromatic rings. The molecule has 0 saturated carbocycles. The Morgan fingerprint density at radius 3 is 2.65 bits per heavy atom. The van der Waals surface area contributed by atoms with Gasteiger partial charge in [-0.25, -0.2) is 0 Å². The van der Waals surface area contributed by atoms with Crippen LogP contribution >= 0.6 is 11.3 Å². The maximum Gasteiger partial charge on any atom is 0.289 e. The van der Waals surface area contributed by atoms with E-state index in [4.69, 9.17) is 0 Å². The Hall–Kier alpha value is -0.900. The third kappa shape index (κ3) is 2.68. The van der Waals surface area contributed by atoms with E-state index < -0.39 is 0 Å². The van der Waals surface area contributed by atoms with Gasteiger partial charge in [-0.05, 0) is 33.1 Å². The van der Waals surface area contributed by atoms with E-state index in [-0.39, 0.29) is 5.91 Å². The molecule has 1 aliphatic rings. The van der Waals surface area contributed by atoms with Gasteiger partial charge in [-0.1, -0.05) is 11.3 Å². The van der Waals surface area contributed by atoms with Gasteiger partial charge in [0, 0.05) is 19.0 Å². The minimum absolute atomic E-state index is 0.260. The lowest BCUT2D eigenvalue weighted by atomic mass is 9.97. The number of amides is 1. The molecule has 1 saturated heterocycles. The summed E-state index contributed by atoms with van der Waals surface area (Å²) in [7, 11) is 0. The molecule has 0 N–H and O–H groups in total. The van der Waals surface area contributed by atoms with E-state index in [0.717, 1.165) is 12.8 Å². The summed E-state index contributed by atoms with van der Waals surface area (Å²) in [6, 6.07) is 0.789. The van der Waals surface area contributed by atoms with Gasteiger partial charge >= 0.3 is 0 Å². The maximum atomic E-state index is 12.3. The van der Waals surface area contributed by atoms with E-state index in [1.54, 1.807) is 11.3 Å². The van der Waals surface area contributed by atoms with Crippen LogP contribution in [0.4, 0.5) is 0 Å². The van der Waals surface area contributed by atoms with Crippen molar-refractivity contribution in [2.75, 3.05) is 0 Å². The van der Waals surface area contributed by atoms with Gasteiger partial charge in [-0.3, -0.25) is 4.79 Å². The molecule has 0 aromatic carbocycles. The van der Waals surface area contributed by atoms with Crippen LogP contribution < -0.4 is 4.57 Å². The second-order valence-electron chi connectivity index (χ2n) is 5.06. The number of likely N-dealkylation sites (tertiary alicyclic amines) is 1. The van der Waals surface area contributed by atoms with Crippen molar-refractivity contribution in [2.45, 2.75) is 58.7 Å². The Morgan fingerprint density at radius 2 is 2.12 bits per heavy atom. The summed E-state index contributed by atoms with van der Waals surface area (Å²) in [6.45, 7) is 6.87. The number of thiazole rings is 1. The third-order valence-corrected chi connectivity index (χ3v) is 4.52. The molecule has 3 nitrogen and oxygen atoms in total. The zero-order valence-electron chi connectivity index (χ0n) is 10.8. The van der Waals surface area contributed by atoms with Gasteiger partial charge in [-0.2, -0.15) is 4.57 Å². The van der Waals surface area contributed by atoms with Gasteiger partial charge in [0.1, 0.15) is 0 Å². The minimum Gasteiger partial charge on any atom is -0.332 e. The molecule has 1 fully saturated rings. The number of aromatic nitrogens is 1. The van der Waals surface area contributed by atoms with Crippen molar-refractivity contribution in [3.8, 4) is 0 Å². The van der Waals surface area contributed by atoms with E-state index in [1.807, 2.05) is 17.0 Å². The number of aryl methyl sites for hydroxylation is 1. The lowest BCUT2D eigenvalue weighted by Gasteiger charge is -2.38. The molecule has 1 aliphatic heterocycles. The van der Waals surface area contributed by atoms with Crippen molar-refractivity contribution in [2.24, 2.45) is 0 Å². The number of rotatable bonds is 2. The zero-order valence-corrected chi connectivity index (χ0v) is 11.7. The predicted molar refractivity (Wildman–Crippen MR) is 68.9 cm³/mol. The monoisotopic (exact) mass is 253 g/mol. The van der Waals surface area contributed by atoms with Crippen molar-refractivity contribution in [3.05, 3.63) is 16.6 Å². The van der Waals surface area contributed by atoms with Crippen molar-refractivity contribution in [1.29, 1.82) is 0 Å². The molecule has 1 amide bonds. The number of hydrogen-bond donors (Lipinski definition) is 0. The predicted octanol–water partition coefficient (Wildman–Crippen LogP) is 2.13. The van der Waals surface area contributed by atoms with Gasteiger partial charge in [0.2, 0.25) is 12.1 Å². The Balaban J connectivity index is 2.06. The normalized spacial score (nSPS) is 25.0. The third-order valence-electron chi connectivity index (χ3n) is 3.67.